The summed E-state index contributed by atoms with van der Waals surface area (Å²) in [5, 5.41) is 13.2. The molecule has 1 heterocycles. The highest BCUT2D eigenvalue weighted by Gasteiger charge is 2.06. The van der Waals surface area contributed by atoms with E-state index >= 15 is 0 Å². The second kappa shape index (κ2) is 4.45. The SMILES string of the molecule is OC(CCl)Cc1cscc1Br. The van der Waals surface area contributed by atoms with Gasteiger partial charge in [0.1, 0.15) is 0 Å². The van der Waals surface area contributed by atoms with Crippen LogP contribution in [-0.2, 0) is 6.42 Å². The molecule has 1 nitrogen and oxygen atoms in total. The molecule has 1 unspecified atom stereocenters. The van der Waals surface area contributed by atoms with Gasteiger partial charge in [0.15, 0.2) is 0 Å². The predicted molar refractivity (Wildman–Crippen MR) is 52.4 cm³/mol. The fraction of sp³-hybridized carbons (Fsp3) is 0.429. The van der Waals surface area contributed by atoms with Crippen LogP contribution < -0.4 is 0 Å². The Morgan fingerprint density at radius 1 is 1.64 bits per heavy atom. The zero-order chi connectivity index (χ0) is 8.27. The summed E-state index contributed by atoms with van der Waals surface area (Å²) in [5.41, 5.74) is 1.13. The molecule has 0 aliphatic carbocycles. The summed E-state index contributed by atoms with van der Waals surface area (Å²) in [5.74, 6) is 0.294. The second-order valence-electron chi connectivity index (χ2n) is 2.26. The van der Waals surface area contributed by atoms with Crippen molar-refractivity contribution in [2.24, 2.45) is 0 Å². The number of hydrogen-bond acceptors (Lipinski definition) is 2. The van der Waals surface area contributed by atoms with E-state index in [2.05, 4.69) is 15.9 Å². The molecule has 11 heavy (non-hydrogen) atoms. The molecule has 1 rings (SSSR count). The molecule has 1 aromatic rings. The van der Waals surface area contributed by atoms with Gasteiger partial charge >= 0.3 is 0 Å². The molecule has 0 aromatic carbocycles. The number of hydrogen-bond donors (Lipinski definition) is 1. The van der Waals surface area contributed by atoms with Gasteiger partial charge in [0.25, 0.3) is 0 Å². The molecule has 62 valence electrons. The first kappa shape index (κ1) is 9.52. The molecule has 0 fully saturated rings. The predicted octanol–water partition coefficient (Wildman–Crippen LogP) is 2.65. The zero-order valence-electron chi connectivity index (χ0n) is 5.76. The summed E-state index contributed by atoms with van der Waals surface area (Å²) in [6.45, 7) is 0. The van der Waals surface area contributed by atoms with E-state index in [4.69, 9.17) is 11.6 Å². The Labute approximate surface area is 83.1 Å². The second-order valence-corrected chi connectivity index (χ2v) is 4.16. The maximum absolute atomic E-state index is 9.21. The van der Waals surface area contributed by atoms with Crippen LogP contribution in [0.15, 0.2) is 15.2 Å². The van der Waals surface area contributed by atoms with Gasteiger partial charge in [0.2, 0.25) is 0 Å². The minimum atomic E-state index is -0.428. The molecule has 0 spiro atoms. The van der Waals surface area contributed by atoms with E-state index in [0.29, 0.717) is 12.3 Å². The van der Waals surface area contributed by atoms with E-state index in [1.807, 2.05) is 10.8 Å². The lowest BCUT2D eigenvalue weighted by Gasteiger charge is -2.04. The third kappa shape index (κ3) is 2.75. The molecule has 1 atom stereocenters. The van der Waals surface area contributed by atoms with Crippen LogP contribution in [0, 0.1) is 0 Å². The first-order valence-electron chi connectivity index (χ1n) is 3.18. The van der Waals surface area contributed by atoms with Gasteiger partial charge in [0.05, 0.1) is 6.10 Å². The van der Waals surface area contributed by atoms with E-state index < -0.39 is 6.10 Å². The van der Waals surface area contributed by atoms with Gasteiger partial charge in [-0.25, -0.2) is 0 Å². The van der Waals surface area contributed by atoms with Crippen LogP contribution in [0.25, 0.3) is 0 Å². The number of alkyl halides is 1. The van der Waals surface area contributed by atoms with Crippen LogP contribution in [0.2, 0.25) is 0 Å². The summed E-state index contributed by atoms with van der Waals surface area (Å²) in [4.78, 5) is 0. The minimum absolute atomic E-state index is 0.294. The Morgan fingerprint density at radius 2 is 2.36 bits per heavy atom. The first-order chi connectivity index (χ1) is 5.24. The monoisotopic (exact) mass is 254 g/mol. The Balaban J connectivity index is 2.56. The Bertz CT molecular complexity index is 226. The number of aliphatic hydroxyl groups is 1. The first-order valence-corrected chi connectivity index (χ1v) is 5.45. The standard InChI is InChI=1S/C7H8BrClOS/c8-7-4-11-3-5(7)1-6(10)2-9/h3-4,6,10H,1-2H2. The van der Waals surface area contributed by atoms with E-state index in [1.54, 1.807) is 11.3 Å². The average Bonchev–Trinajstić information content (AvgIpc) is 2.37. The molecule has 4 heteroatoms. The van der Waals surface area contributed by atoms with Crippen LogP contribution in [0.3, 0.4) is 0 Å². The summed E-state index contributed by atoms with van der Waals surface area (Å²) >= 11 is 10.5. The van der Waals surface area contributed by atoms with Crippen molar-refractivity contribution in [3.05, 3.63) is 20.8 Å². The molecule has 1 aromatic heterocycles. The van der Waals surface area contributed by atoms with Gasteiger partial charge in [-0.2, -0.15) is 11.3 Å². The van der Waals surface area contributed by atoms with Crippen molar-refractivity contribution in [2.75, 3.05) is 5.88 Å². The van der Waals surface area contributed by atoms with Gasteiger partial charge in [-0.1, -0.05) is 0 Å². The van der Waals surface area contributed by atoms with Gasteiger partial charge in [-0.15, -0.1) is 11.6 Å². The van der Waals surface area contributed by atoms with Crippen LogP contribution in [0.5, 0.6) is 0 Å². The topological polar surface area (TPSA) is 20.2 Å². The van der Waals surface area contributed by atoms with Crippen LogP contribution in [0.1, 0.15) is 5.56 Å². The summed E-state index contributed by atoms with van der Waals surface area (Å²) in [6, 6.07) is 0. The molecule has 0 aliphatic heterocycles. The largest absolute Gasteiger partial charge is 0.392 e. The number of thiophene rings is 1. The smallest absolute Gasteiger partial charge is 0.0716 e. The number of halogens is 2. The Hall–Kier alpha value is 0.430. The highest BCUT2D eigenvalue weighted by atomic mass is 79.9. The Kier molecular flexibility index (Phi) is 3.85. The fourth-order valence-electron chi connectivity index (χ4n) is 0.762. The lowest BCUT2D eigenvalue weighted by Crippen LogP contribution is -2.11. The van der Waals surface area contributed by atoms with E-state index in [9.17, 15) is 5.11 Å². The highest BCUT2D eigenvalue weighted by Crippen LogP contribution is 2.22. The molecule has 0 radical (unpaired) electrons. The van der Waals surface area contributed by atoms with Crippen molar-refractivity contribution in [1.82, 2.24) is 0 Å². The van der Waals surface area contributed by atoms with E-state index in [-0.39, 0.29) is 0 Å². The van der Waals surface area contributed by atoms with Crippen molar-refractivity contribution in [3.8, 4) is 0 Å². The summed E-state index contributed by atoms with van der Waals surface area (Å²) < 4.78 is 1.06. The molecule has 0 amide bonds. The maximum Gasteiger partial charge on any atom is 0.0716 e. The van der Waals surface area contributed by atoms with E-state index in [0.717, 1.165) is 10.0 Å². The maximum atomic E-state index is 9.21. The van der Waals surface area contributed by atoms with Crippen molar-refractivity contribution >= 4 is 38.9 Å². The van der Waals surface area contributed by atoms with Crippen molar-refractivity contribution in [2.45, 2.75) is 12.5 Å². The molecule has 1 N–H and O–H groups in total. The third-order valence-electron chi connectivity index (χ3n) is 1.32. The van der Waals surface area contributed by atoms with Crippen LogP contribution in [-0.4, -0.2) is 17.1 Å². The lowest BCUT2D eigenvalue weighted by molar-refractivity contribution is 0.198. The van der Waals surface area contributed by atoms with Gasteiger partial charge in [-0.3, -0.25) is 0 Å². The lowest BCUT2D eigenvalue weighted by atomic mass is 10.2. The number of rotatable bonds is 3. The van der Waals surface area contributed by atoms with Crippen molar-refractivity contribution < 1.29 is 5.11 Å². The molecular formula is C7H8BrClOS. The zero-order valence-corrected chi connectivity index (χ0v) is 8.92. The van der Waals surface area contributed by atoms with Crippen LogP contribution >= 0.6 is 38.9 Å². The minimum Gasteiger partial charge on any atom is -0.392 e. The number of aliphatic hydroxyl groups excluding tert-OH is 1. The van der Waals surface area contributed by atoms with Crippen LogP contribution in [0.4, 0.5) is 0 Å². The normalized spacial score (nSPS) is 13.4. The molecule has 0 bridgehead atoms. The van der Waals surface area contributed by atoms with Gasteiger partial charge < -0.3 is 5.11 Å². The molecule has 0 saturated heterocycles. The third-order valence-corrected chi connectivity index (χ3v) is 3.51. The molecular weight excluding hydrogens is 247 g/mol. The quantitative estimate of drug-likeness (QED) is 0.824. The highest BCUT2D eigenvalue weighted by molar-refractivity contribution is 9.10. The van der Waals surface area contributed by atoms with Crippen molar-refractivity contribution in [1.29, 1.82) is 0 Å². The summed E-state index contributed by atoms with van der Waals surface area (Å²) in [6.07, 6.45) is 0.204. The van der Waals surface area contributed by atoms with Gasteiger partial charge in [0, 0.05) is 22.2 Å². The average molecular weight is 256 g/mol. The summed E-state index contributed by atoms with van der Waals surface area (Å²) in [7, 11) is 0. The Morgan fingerprint density at radius 3 is 2.82 bits per heavy atom. The van der Waals surface area contributed by atoms with Crippen molar-refractivity contribution in [3.63, 3.8) is 0 Å². The molecule has 0 aliphatic rings. The van der Waals surface area contributed by atoms with Gasteiger partial charge in [-0.05, 0) is 26.9 Å². The molecule has 0 saturated carbocycles. The fourth-order valence-corrected chi connectivity index (χ4v) is 2.35. The van der Waals surface area contributed by atoms with E-state index in [1.165, 1.54) is 0 Å².